The summed E-state index contributed by atoms with van der Waals surface area (Å²) in [6.07, 6.45) is 0. The first-order valence-electron chi connectivity index (χ1n) is 5.51. The Labute approximate surface area is 119 Å². The lowest BCUT2D eigenvalue weighted by atomic mass is 10.2. The van der Waals surface area contributed by atoms with Gasteiger partial charge in [0.15, 0.2) is 11.6 Å². The Morgan fingerprint density at radius 2 is 1.84 bits per heavy atom. The number of ether oxygens (including phenoxy) is 1. The van der Waals surface area contributed by atoms with E-state index in [9.17, 15) is 8.78 Å². The van der Waals surface area contributed by atoms with Crippen LogP contribution < -0.4 is 4.74 Å². The van der Waals surface area contributed by atoms with Crippen molar-refractivity contribution in [3.63, 3.8) is 0 Å². The highest BCUT2D eigenvalue weighted by Crippen LogP contribution is 2.23. The van der Waals surface area contributed by atoms with Crippen LogP contribution in [0.5, 0.6) is 5.75 Å². The van der Waals surface area contributed by atoms with Gasteiger partial charge in [0.25, 0.3) is 0 Å². The van der Waals surface area contributed by atoms with Crippen LogP contribution in [0.3, 0.4) is 0 Å². The van der Waals surface area contributed by atoms with Crippen LogP contribution in [-0.2, 0) is 12.5 Å². The quantitative estimate of drug-likeness (QED) is 0.727. The topological polar surface area (TPSA) is 9.23 Å². The molecule has 0 aliphatic heterocycles. The molecule has 0 bridgehead atoms. The molecule has 0 heterocycles. The Morgan fingerprint density at radius 3 is 2.53 bits per heavy atom. The normalized spacial score (nSPS) is 10.5. The lowest BCUT2D eigenvalue weighted by molar-refractivity contribution is 0.289. The Balaban J connectivity index is 2.12. The van der Waals surface area contributed by atoms with E-state index in [1.54, 1.807) is 6.07 Å². The summed E-state index contributed by atoms with van der Waals surface area (Å²) in [7, 11) is 0. The lowest BCUT2D eigenvalue weighted by Crippen LogP contribution is -1.99. The zero-order chi connectivity index (χ0) is 13.8. The summed E-state index contributed by atoms with van der Waals surface area (Å²) < 4.78 is 32.0. The maximum Gasteiger partial charge on any atom is 0.165 e. The Hall–Kier alpha value is -1.32. The molecule has 0 aliphatic carbocycles. The van der Waals surface area contributed by atoms with Crippen molar-refractivity contribution in [3.8, 4) is 5.75 Å². The summed E-state index contributed by atoms with van der Waals surface area (Å²) in [6, 6.07) is 8.39. The second-order valence-electron chi connectivity index (χ2n) is 3.92. The molecule has 0 radical (unpaired) electrons. The van der Waals surface area contributed by atoms with Crippen LogP contribution in [-0.4, -0.2) is 0 Å². The molecule has 0 fully saturated rings. The molecule has 0 saturated carbocycles. The molecule has 0 amide bonds. The van der Waals surface area contributed by atoms with Gasteiger partial charge in [-0.1, -0.05) is 17.7 Å². The third kappa shape index (κ3) is 3.58. The molecular formula is C14H10Cl2F2O. The van der Waals surface area contributed by atoms with E-state index in [0.29, 0.717) is 16.1 Å². The number of rotatable bonds is 4. The fourth-order valence-electron chi connectivity index (χ4n) is 1.55. The van der Waals surface area contributed by atoms with E-state index >= 15 is 0 Å². The molecule has 0 aliphatic rings. The van der Waals surface area contributed by atoms with Crippen LogP contribution in [0.4, 0.5) is 8.78 Å². The van der Waals surface area contributed by atoms with Gasteiger partial charge in [0, 0.05) is 16.5 Å². The zero-order valence-corrected chi connectivity index (χ0v) is 11.3. The second-order valence-corrected chi connectivity index (χ2v) is 4.60. The molecule has 19 heavy (non-hydrogen) atoms. The molecule has 2 aromatic rings. The van der Waals surface area contributed by atoms with Crippen molar-refractivity contribution in [2.24, 2.45) is 0 Å². The average molecular weight is 303 g/mol. The smallest absolute Gasteiger partial charge is 0.165 e. The largest absolute Gasteiger partial charge is 0.486 e. The summed E-state index contributed by atoms with van der Waals surface area (Å²) in [5.41, 5.74) is 1.12. The van der Waals surface area contributed by atoms with Crippen LogP contribution in [0, 0.1) is 11.6 Å². The standard InChI is InChI=1S/C14H10Cl2F2O/c15-7-9-1-4-14(13(18)5-9)19-8-10-6-11(17)2-3-12(10)16/h1-6H,7-8H2. The summed E-state index contributed by atoms with van der Waals surface area (Å²) >= 11 is 11.5. The monoisotopic (exact) mass is 302 g/mol. The number of hydrogen-bond acceptors (Lipinski definition) is 1. The predicted octanol–water partition coefficient (Wildman–Crippen LogP) is 4.94. The molecule has 0 saturated heterocycles. The van der Waals surface area contributed by atoms with Crippen molar-refractivity contribution in [1.29, 1.82) is 0 Å². The van der Waals surface area contributed by atoms with Crippen LogP contribution in [0.1, 0.15) is 11.1 Å². The Morgan fingerprint density at radius 1 is 1.05 bits per heavy atom. The van der Waals surface area contributed by atoms with E-state index in [2.05, 4.69) is 0 Å². The van der Waals surface area contributed by atoms with Crippen LogP contribution in [0.25, 0.3) is 0 Å². The fraction of sp³-hybridized carbons (Fsp3) is 0.143. The van der Waals surface area contributed by atoms with Crippen molar-refractivity contribution in [2.45, 2.75) is 12.5 Å². The van der Waals surface area contributed by atoms with Gasteiger partial charge in [-0.15, -0.1) is 11.6 Å². The van der Waals surface area contributed by atoms with Gasteiger partial charge in [0.05, 0.1) is 0 Å². The fourth-order valence-corrected chi connectivity index (χ4v) is 1.89. The molecular weight excluding hydrogens is 293 g/mol. The minimum atomic E-state index is -0.509. The van der Waals surface area contributed by atoms with Gasteiger partial charge < -0.3 is 4.74 Å². The minimum Gasteiger partial charge on any atom is -0.486 e. The SMILES string of the molecule is Fc1ccc(Cl)c(COc2ccc(CCl)cc2F)c1. The molecule has 0 aromatic heterocycles. The van der Waals surface area contributed by atoms with Gasteiger partial charge in [0.1, 0.15) is 12.4 Å². The molecule has 5 heteroatoms. The third-order valence-electron chi connectivity index (χ3n) is 2.54. The van der Waals surface area contributed by atoms with Crippen molar-refractivity contribution < 1.29 is 13.5 Å². The highest BCUT2D eigenvalue weighted by molar-refractivity contribution is 6.31. The lowest BCUT2D eigenvalue weighted by Gasteiger charge is -2.09. The summed E-state index contributed by atoms with van der Waals surface area (Å²) in [4.78, 5) is 0. The molecule has 2 aromatic carbocycles. The first kappa shape index (κ1) is 14.1. The van der Waals surface area contributed by atoms with Gasteiger partial charge in [-0.25, -0.2) is 8.78 Å². The summed E-state index contributed by atoms with van der Waals surface area (Å²) in [5.74, 6) is -0.617. The highest BCUT2D eigenvalue weighted by atomic mass is 35.5. The molecule has 0 unspecified atom stereocenters. The predicted molar refractivity (Wildman–Crippen MR) is 71.7 cm³/mol. The molecule has 0 spiro atoms. The highest BCUT2D eigenvalue weighted by Gasteiger charge is 2.07. The molecule has 2 rings (SSSR count). The van der Waals surface area contributed by atoms with E-state index in [0.717, 1.165) is 0 Å². The van der Waals surface area contributed by atoms with E-state index in [-0.39, 0.29) is 18.2 Å². The van der Waals surface area contributed by atoms with Gasteiger partial charge in [-0.3, -0.25) is 0 Å². The van der Waals surface area contributed by atoms with E-state index in [1.807, 2.05) is 0 Å². The summed E-state index contributed by atoms with van der Waals surface area (Å²) in [5, 5.41) is 0.374. The number of alkyl halides is 1. The van der Waals surface area contributed by atoms with Gasteiger partial charge >= 0.3 is 0 Å². The molecule has 1 nitrogen and oxygen atoms in total. The number of hydrogen-bond donors (Lipinski definition) is 0. The maximum atomic E-state index is 13.6. The van der Waals surface area contributed by atoms with Crippen molar-refractivity contribution in [1.82, 2.24) is 0 Å². The van der Waals surface area contributed by atoms with E-state index in [1.165, 1.54) is 30.3 Å². The number of halogens is 4. The van der Waals surface area contributed by atoms with Gasteiger partial charge in [0.2, 0.25) is 0 Å². The maximum absolute atomic E-state index is 13.6. The average Bonchev–Trinajstić information content (AvgIpc) is 2.40. The first-order valence-corrected chi connectivity index (χ1v) is 6.42. The van der Waals surface area contributed by atoms with Crippen molar-refractivity contribution in [3.05, 3.63) is 64.2 Å². The first-order chi connectivity index (χ1) is 9.10. The Bertz CT molecular complexity index is 588. The molecule has 100 valence electrons. The molecule has 0 N–H and O–H groups in total. The summed E-state index contributed by atoms with van der Waals surface area (Å²) in [6.45, 7) is -0.00622. The van der Waals surface area contributed by atoms with Gasteiger partial charge in [-0.05, 0) is 35.9 Å². The second kappa shape index (κ2) is 6.22. The van der Waals surface area contributed by atoms with Gasteiger partial charge in [-0.2, -0.15) is 0 Å². The van der Waals surface area contributed by atoms with E-state index < -0.39 is 11.6 Å². The van der Waals surface area contributed by atoms with Crippen LogP contribution >= 0.6 is 23.2 Å². The molecule has 0 atom stereocenters. The zero-order valence-electron chi connectivity index (χ0n) is 9.80. The van der Waals surface area contributed by atoms with Crippen molar-refractivity contribution in [2.75, 3.05) is 0 Å². The Kier molecular flexibility index (Phi) is 4.61. The van der Waals surface area contributed by atoms with Crippen LogP contribution in [0.15, 0.2) is 36.4 Å². The number of benzene rings is 2. The van der Waals surface area contributed by atoms with Crippen molar-refractivity contribution >= 4 is 23.2 Å². The van der Waals surface area contributed by atoms with Crippen LogP contribution in [0.2, 0.25) is 5.02 Å². The third-order valence-corrected chi connectivity index (χ3v) is 3.22. The minimum absolute atomic E-state index is 0.00622. The van der Waals surface area contributed by atoms with E-state index in [4.69, 9.17) is 27.9 Å².